The van der Waals surface area contributed by atoms with Gasteiger partial charge in [0.25, 0.3) is 0 Å². The van der Waals surface area contributed by atoms with Crippen LogP contribution in [0.2, 0.25) is 0 Å². The Morgan fingerprint density at radius 2 is 1.88 bits per heavy atom. The maximum Gasteiger partial charge on any atom is 0.153 e. The zero-order valence-corrected chi connectivity index (χ0v) is 15.6. The van der Waals surface area contributed by atoms with E-state index in [1.54, 1.807) is 17.5 Å². The van der Waals surface area contributed by atoms with Gasteiger partial charge in [0.15, 0.2) is 5.82 Å². The van der Waals surface area contributed by atoms with Gasteiger partial charge in [-0.3, -0.25) is 4.98 Å². The number of phenolic OH excluding ortho intramolecular Hbond substituents is 1. The lowest BCUT2D eigenvalue weighted by molar-refractivity contribution is 0.321. The Kier molecular flexibility index (Phi) is 4.13. The van der Waals surface area contributed by atoms with Crippen molar-refractivity contribution >= 4 is 32.3 Å². The number of aromatic nitrogens is 1. The van der Waals surface area contributed by atoms with E-state index in [1.165, 1.54) is 5.56 Å². The lowest BCUT2D eigenvalue weighted by atomic mass is 9.95. The van der Waals surface area contributed by atoms with Crippen molar-refractivity contribution in [2.75, 3.05) is 14.1 Å². The van der Waals surface area contributed by atoms with Crippen molar-refractivity contribution in [1.29, 1.82) is 0 Å². The Bertz CT molecular complexity index is 1100. The van der Waals surface area contributed by atoms with Gasteiger partial charge in [0.2, 0.25) is 0 Å². The molecule has 2 aromatic heterocycles. The van der Waals surface area contributed by atoms with E-state index in [2.05, 4.69) is 28.9 Å². The lowest BCUT2D eigenvalue weighted by Crippen LogP contribution is -2.16. The highest BCUT2D eigenvalue weighted by Gasteiger charge is 2.18. The van der Waals surface area contributed by atoms with Crippen LogP contribution < -0.4 is 0 Å². The molecule has 0 saturated carbocycles. The summed E-state index contributed by atoms with van der Waals surface area (Å²) in [4.78, 5) is 6.43. The van der Waals surface area contributed by atoms with Gasteiger partial charge in [0.05, 0.1) is 4.70 Å². The first kappa shape index (κ1) is 16.9. The Morgan fingerprint density at radius 3 is 2.58 bits per heavy atom. The van der Waals surface area contributed by atoms with Gasteiger partial charge in [0.1, 0.15) is 11.3 Å². The average Bonchev–Trinajstić information content (AvgIpc) is 3.10. The van der Waals surface area contributed by atoms with E-state index in [4.69, 9.17) is 0 Å². The first-order valence-corrected chi connectivity index (χ1v) is 9.29. The number of thiophene rings is 1. The van der Waals surface area contributed by atoms with E-state index in [-0.39, 0.29) is 17.3 Å². The fourth-order valence-corrected chi connectivity index (χ4v) is 4.05. The van der Waals surface area contributed by atoms with Gasteiger partial charge >= 0.3 is 0 Å². The number of fused-ring (bicyclic) bond motifs is 3. The fourth-order valence-electron chi connectivity index (χ4n) is 3.28. The van der Waals surface area contributed by atoms with E-state index in [0.717, 1.165) is 21.7 Å². The summed E-state index contributed by atoms with van der Waals surface area (Å²) in [6, 6.07) is 11.5. The summed E-state index contributed by atoms with van der Waals surface area (Å²) in [5.74, 6) is -0.573. The quantitative estimate of drug-likeness (QED) is 0.514. The zero-order chi connectivity index (χ0) is 18.4. The number of hydrogen-bond donors (Lipinski definition) is 1. The van der Waals surface area contributed by atoms with E-state index in [0.29, 0.717) is 10.9 Å². The Hall–Kier alpha value is -2.50. The minimum atomic E-state index is -0.507. The van der Waals surface area contributed by atoms with Crippen LogP contribution in [0.5, 0.6) is 5.75 Å². The molecule has 0 spiro atoms. The number of pyridine rings is 1. The summed E-state index contributed by atoms with van der Waals surface area (Å²) in [6.45, 7) is 2.14. The number of nitrogens with zero attached hydrogens (tertiary/aromatic N) is 2. The van der Waals surface area contributed by atoms with Crippen LogP contribution in [-0.2, 0) is 0 Å². The van der Waals surface area contributed by atoms with Crippen LogP contribution in [0.4, 0.5) is 4.39 Å². The molecule has 4 rings (SSSR count). The van der Waals surface area contributed by atoms with Gasteiger partial charge < -0.3 is 10.0 Å². The van der Waals surface area contributed by atoms with Crippen LogP contribution in [0.1, 0.15) is 18.5 Å². The molecule has 5 heteroatoms. The molecular formula is C21H19FN2OS. The van der Waals surface area contributed by atoms with Crippen LogP contribution >= 0.6 is 11.3 Å². The molecule has 0 aliphatic rings. The molecule has 1 atom stereocenters. The molecule has 132 valence electrons. The van der Waals surface area contributed by atoms with Crippen LogP contribution in [0.3, 0.4) is 0 Å². The normalized spacial score (nSPS) is 13.0. The molecule has 0 amide bonds. The number of halogens is 1. The maximum atomic E-state index is 14.4. The van der Waals surface area contributed by atoms with E-state index < -0.39 is 5.82 Å². The molecule has 1 unspecified atom stereocenters. The fraction of sp³-hybridized carbons (Fsp3) is 0.190. The molecule has 2 aromatic carbocycles. The van der Waals surface area contributed by atoms with E-state index in [9.17, 15) is 9.50 Å². The summed E-state index contributed by atoms with van der Waals surface area (Å²) < 4.78 is 15.4. The molecule has 0 aliphatic heterocycles. The first-order chi connectivity index (χ1) is 12.5. The maximum absolute atomic E-state index is 14.4. The second kappa shape index (κ2) is 6.34. The SMILES string of the molecule is CC(c1ccc(-c2c(O)cc(F)c3ncc4sccc4c23)cc1)N(C)C. The van der Waals surface area contributed by atoms with Gasteiger partial charge in [-0.1, -0.05) is 24.3 Å². The predicted octanol–water partition coefficient (Wildman–Crippen LogP) is 5.58. The van der Waals surface area contributed by atoms with Crippen molar-refractivity contribution in [3.8, 4) is 16.9 Å². The van der Waals surface area contributed by atoms with Gasteiger partial charge in [-0.25, -0.2) is 4.39 Å². The minimum absolute atomic E-state index is 0.0658. The highest BCUT2D eigenvalue weighted by atomic mass is 32.1. The number of rotatable bonds is 3. The summed E-state index contributed by atoms with van der Waals surface area (Å²) in [5.41, 5.74) is 2.95. The molecule has 4 aromatic rings. The summed E-state index contributed by atoms with van der Waals surface area (Å²) in [5, 5.41) is 14.1. The average molecular weight is 366 g/mol. The smallest absolute Gasteiger partial charge is 0.153 e. The molecule has 0 aliphatic carbocycles. The Morgan fingerprint density at radius 1 is 1.15 bits per heavy atom. The molecule has 0 saturated heterocycles. The molecule has 0 radical (unpaired) electrons. The van der Waals surface area contributed by atoms with Gasteiger partial charge in [-0.05, 0) is 43.6 Å². The molecular weight excluding hydrogens is 347 g/mol. The Labute approximate surface area is 155 Å². The standard InChI is InChI=1S/C21H19FN2OS/c1-12(24(2)3)13-4-6-14(7-5-13)19-17(25)10-16(22)21-20(19)15-8-9-26-18(15)11-23-21/h4-12,25H,1-3H3. The number of hydrogen-bond acceptors (Lipinski definition) is 4. The third-order valence-electron chi connectivity index (χ3n) is 4.96. The highest BCUT2D eigenvalue weighted by Crippen LogP contribution is 2.41. The number of benzene rings is 2. The van der Waals surface area contributed by atoms with E-state index >= 15 is 0 Å². The third kappa shape index (κ3) is 2.64. The van der Waals surface area contributed by atoms with Crippen molar-refractivity contribution in [2.24, 2.45) is 0 Å². The molecule has 0 bridgehead atoms. The Balaban J connectivity index is 1.98. The van der Waals surface area contributed by atoms with Crippen molar-refractivity contribution in [1.82, 2.24) is 9.88 Å². The van der Waals surface area contributed by atoms with Gasteiger partial charge in [-0.2, -0.15) is 0 Å². The van der Waals surface area contributed by atoms with Crippen molar-refractivity contribution in [3.63, 3.8) is 0 Å². The van der Waals surface area contributed by atoms with Crippen molar-refractivity contribution < 1.29 is 9.50 Å². The molecule has 0 fully saturated rings. The number of aromatic hydroxyl groups is 1. The third-order valence-corrected chi connectivity index (χ3v) is 5.82. The van der Waals surface area contributed by atoms with Gasteiger partial charge in [-0.15, -0.1) is 11.3 Å². The van der Waals surface area contributed by atoms with Crippen LogP contribution in [0.15, 0.2) is 48.0 Å². The van der Waals surface area contributed by atoms with Crippen LogP contribution in [0.25, 0.3) is 32.1 Å². The monoisotopic (exact) mass is 366 g/mol. The van der Waals surface area contributed by atoms with E-state index in [1.807, 2.05) is 37.7 Å². The highest BCUT2D eigenvalue weighted by molar-refractivity contribution is 7.17. The minimum Gasteiger partial charge on any atom is -0.507 e. The zero-order valence-electron chi connectivity index (χ0n) is 14.8. The predicted molar refractivity (Wildman–Crippen MR) is 106 cm³/mol. The van der Waals surface area contributed by atoms with Crippen molar-refractivity contribution in [3.05, 3.63) is 59.4 Å². The second-order valence-corrected chi connectivity index (χ2v) is 7.64. The number of phenols is 1. The summed E-state index contributed by atoms with van der Waals surface area (Å²) in [6.07, 6.45) is 1.69. The van der Waals surface area contributed by atoms with Crippen molar-refractivity contribution in [2.45, 2.75) is 13.0 Å². The van der Waals surface area contributed by atoms with Crippen LogP contribution in [-0.4, -0.2) is 29.1 Å². The molecule has 2 heterocycles. The van der Waals surface area contributed by atoms with Crippen LogP contribution in [0, 0.1) is 5.82 Å². The molecule has 3 nitrogen and oxygen atoms in total. The molecule has 1 N–H and O–H groups in total. The second-order valence-electron chi connectivity index (χ2n) is 6.69. The largest absolute Gasteiger partial charge is 0.507 e. The summed E-state index contributed by atoms with van der Waals surface area (Å²) in [7, 11) is 4.08. The molecule has 26 heavy (non-hydrogen) atoms. The van der Waals surface area contributed by atoms with Gasteiger partial charge in [0, 0.05) is 34.6 Å². The lowest BCUT2D eigenvalue weighted by Gasteiger charge is -2.20. The summed E-state index contributed by atoms with van der Waals surface area (Å²) >= 11 is 1.56. The first-order valence-electron chi connectivity index (χ1n) is 8.41. The topological polar surface area (TPSA) is 36.4 Å².